The van der Waals surface area contributed by atoms with Crippen molar-refractivity contribution in [3.8, 4) is 11.5 Å². The number of rotatable bonds is 5. The Kier molecular flexibility index (Phi) is 6.10. The van der Waals surface area contributed by atoms with E-state index in [1.54, 1.807) is 7.11 Å². The molecule has 3 aromatic carbocycles. The van der Waals surface area contributed by atoms with Gasteiger partial charge in [0.1, 0.15) is 6.61 Å². The van der Waals surface area contributed by atoms with Crippen molar-refractivity contribution in [3.63, 3.8) is 0 Å². The fourth-order valence-electron chi connectivity index (χ4n) is 2.95. The summed E-state index contributed by atoms with van der Waals surface area (Å²) in [6, 6.07) is 21.7. The summed E-state index contributed by atoms with van der Waals surface area (Å²) in [7, 11) is 1.62. The predicted molar refractivity (Wildman–Crippen MR) is 125 cm³/mol. The molecule has 4 rings (SSSR count). The highest BCUT2D eigenvalue weighted by atomic mass is 127. The Balaban J connectivity index is 1.60. The average molecular weight is 515 g/mol. The molecule has 0 spiro atoms. The van der Waals surface area contributed by atoms with Gasteiger partial charge in [-0.2, -0.15) is 0 Å². The van der Waals surface area contributed by atoms with E-state index in [-0.39, 0.29) is 5.91 Å². The number of nitrogens with one attached hydrogen (secondary N) is 1. The van der Waals surface area contributed by atoms with Crippen molar-refractivity contribution in [1.82, 2.24) is 0 Å². The van der Waals surface area contributed by atoms with Gasteiger partial charge >= 0.3 is 0 Å². The first-order valence-electron chi connectivity index (χ1n) is 8.98. The van der Waals surface area contributed by atoms with Crippen molar-refractivity contribution >= 4 is 52.0 Å². The normalized spacial score (nSPS) is 14.3. The number of methoxy groups -OCH3 is 1. The first-order chi connectivity index (χ1) is 14.1. The zero-order valence-electron chi connectivity index (χ0n) is 15.6. The van der Waals surface area contributed by atoms with Gasteiger partial charge in [0.05, 0.1) is 21.3 Å². The molecule has 6 heteroatoms. The van der Waals surface area contributed by atoms with Crippen LogP contribution in [0.2, 0.25) is 0 Å². The predicted octanol–water partition coefficient (Wildman–Crippen LogP) is 5.96. The maximum Gasteiger partial charge on any atom is 0.262 e. The summed E-state index contributed by atoms with van der Waals surface area (Å²) < 4.78 is 12.5. The van der Waals surface area contributed by atoms with Crippen molar-refractivity contribution in [2.75, 3.05) is 12.4 Å². The van der Waals surface area contributed by atoms with Gasteiger partial charge in [0.2, 0.25) is 0 Å². The van der Waals surface area contributed by atoms with E-state index in [9.17, 15) is 4.79 Å². The fourth-order valence-corrected chi connectivity index (χ4v) is 4.68. The quantitative estimate of drug-likeness (QED) is 0.337. The number of thioether (sulfide) groups is 1. The Bertz CT molecular complexity index is 1080. The summed E-state index contributed by atoms with van der Waals surface area (Å²) in [4.78, 5) is 14.1. The third-order valence-electron chi connectivity index (χ3n) is 4.35. The summed E-state index contributed by atoms with van der Waals surface area (Å²) in [6.45, 7) is 0.461. The van der Waals surface area contributed by atoms with Gasteiger partial charge < -0.3 is 14.8 Å². The van der Waals surface area contributed by atoms with Crippen LogP contribution in [-0.4, -0.2) is 13.0 Å². The molecule has 1 heterocycles. The monoisotopic (exact) mass is 515 g/mol. The van der Waals surface area contributed by atoms with Crippen LogP contribution in [0.25, 0.3) is 6.08 Å². The van der Waals surface area contributed by atoms with Crippen molar-refractivity contribution in [2.24, 2.45) is 0 Å². The second-order valence-electron chi connectivity index (χ2n) is 6.37. The topological polar surface area (TPSA) is 47.6 Å². The van der Waals surface area contributed by atoms with Crippen LogP contribution in [0, 0.1) is 3.57 Å². The van der Waals surface area contributed by atoms with E-state index < -0.39 is 0 Å². The van der Waals surface area contributed by atoms with Crippen LogP contribution >= 0.6 is 34.4 Å². The lowest BCUT2D eigenvalue weighted by Gasteiger charge is -2.18. The van der Waals surface area contributed by atoms with E-state index in [4.69, 9.17) is 9.47 Å². The molecule has 0 atom stereocenters. The molecule has 4 nitrogen and oxygen atoms in total. The van der Waals surface area contributed by atoms with Crippen LogP contribution in [0.15, 0.2) is 76.5 Å². The van der Waals surface area contributed by atoms with Crippen molar-refractivity contribution in [3.05, 3.63) is 86.3 Å². The second-order valence-corrected chi connectivity index (χ2v) is 8.62. The smallest absolute Gasteiger partial charge is 0.262 e. The van der Waals surface area contributed by atoms with E-state index in [1.165, 1.54) is 11.8 Å². The van der Waals surface area contributed by atoms with Crippen LogP contribution in [0.3, 0.4) is 0 Å². The number of ether oxygens (including phenoxy) is 2. The number of hydrogen-bond donors (Lipinski definition) is 1. The van der Waals surface area contributed by atoms with Gasteiger partial charge in [-0.15, -0.1) is 0 Å². The first kappa shape index (κ1) is 19.8. The number of carbonyl (C=O) groups is 1. The van der Waals surface area contributed by atoms with Crippen molar-refractivity contribution in [2.45, 2.75) is 11.5 Å². The molecule has 3 aromatic rings. The Labute approximate surface area is 187 Å². The molecule has 0 saturated carbocycles. The van der Waals surface area contributed by atoms with Gasteiger partial charge in [-0.25, -0.2) is 0 Å². The number of carbonyl (C=O) groups excluding carboxylic acids is 1. The molecule has 1 amide bonds. The van der Waals surface area contributed by atoms with Gasteiger partial charge in [-0.1, -0.05) is 54.2 Å². The van der Waals surface area contributed by atoms with Gasteiger partial charge in [-0.05, 0) is 64.1 Å². The van der Waals surface area contributed by atoms with E-state index in [0.717, 1.165) is 25.3 Å². The summed E-state index contributed by atoms with van der Waals surface area (Å²) in [5.74, 6) is 1.23. The largest absolute Gasteiger partial charge is 0.493 e. The third-order valence-corrected chi connectivity index (χ3v) is 6.25. The fraction of sp³-hybridized carbons (Fsp3) is 0.0870. The van der Waals surface area contributed by atoms with Crippen LogP contribution < -0.4 is 14.8 Å². The summed E-state index contributed by atoms with van der Waals surface area (Å²) in [6.07, 6.45) is 1.88. The Morgan fingerprint density at radius 2 is 1.83 bits per heavy atom. The van der Waals surface area contributed by atoms with Gasteiger partial charge in [0, 0.05) is 4.90 Å². The number of halogens is 1. The highest BCUT2D eigenvalue weighted by molar-refractivity contribution is 14.1. The first-order valence-corrected chi connectivity index (χ1v) is 10.9. The Morgan fingerprint density at radius 3 is 2.62 bits per heavy atom. The van der Waals surface area contributed by atoms with E-state index >= 15 is 0 Å². The van der Waals surface area contributed by atoms with Gasteiger partial charge in [0.15, 0.2) is 11.5 Å². The maximum absolute atomic E-state index is 12.5. The summed E-state index contributed by atoms with van der Waals surface area (Å²) in [5, 5.41) is 2.94. The Morgan fingerprint density at radius 1 is 1.07 bits per heavy atom. The lowest BCUT2D eigenvalue weighted by molar-refractivity contribution is -0.112. The molecule has 1 N–H and O–H groups in total. The molecule has 0 aromatic heterocycles. The van der Waals surface area contributed by atoms with Gasteiger partial charge in [0.25, 0.3) is 5.91 Å². The molecule has 1 aliphatic heterocycles. The molecule has 1 aliphatic rings. The molecule has 0 saturated heterocycles. The second kappa shape index (κ2) is 8.92. The van der Waals surface area contributed by atoms with E-state index in [2.05, 4.69) is 27.9 Å². The molecule has 0 unspecified atom stereocenters. The number of para-hydroxylation sites is 1. The minimum absolute atomic E-state index is 0.105. The molecule has 29 heavy (non-hydrogen) atoms. The van der Waals surface area contributed by atoms with Crippen LogP contribution in [-0.2, 0) is 11.4 Å². The minimum atomic E-state index is -0.105. The van der Waals surface area contributed by atoms with Crippen molar-refractivity contribution in [1.29, 1.82) is 0 Å². The number of benzene rings is 3. The molecular formula is C23H18INO3S. The highest BCUT2D eigenvalue weighted by Gasteiger charge is 2.21. The molecular weight excluding hydrogens is 497 g/mol. The number of anilines is 1. The average Bonchev–Trinajstić information content (AvgIpc) is 2.74. The Hall–Kier alpha value is -2.45. The lowest BCUT2D eigenvalue weighted by atomic mass is 10.1. The molecule has 0 bridgehead atoms. The van der Waals surface area contributed by atoms with E-state index in [0.29, 0.717) is 23.0 Å². The number of hydrogen-bond acceptors (Lipinski definition) is 4. The molecule has 0 aliphatic carbocycles. The van der Waals surface area contributed by atoms with Crippen molar-refractivity contribution < 1.29 is 14.3 Å². The van der Waals surface area contributed by atoms with Crippen LogP contribution in [0.4, 0.5) is 5.69 Å². The standard InChI is InChI=1S/C23H18INO3S/c1-27-19-12-16(11-17(24)22(19)28-14-15-7-3-2-4-8-15)13-21-23(26)25-18-9-5-6-10-20(18)29-21/h2-13H,14H2,1H3,(H,25,26)/b21-13-. The SMILES string of the molecule is COc1cc(/C=C2\Sc3ccccc3NC2=O)cc(I)c1OCc1ccccc1. The number of fused-ring (bicyclic) bond motifs is 1. The van der Waals surface area contributed by atoms with Crippen LogP contribution in [0.5, 0.6) is 11.5 Å². The molecule has 0 radical (unpaired) electrons. The summed E-state index contributed by atoms with van der Waals surface area (Å²) in [5.41, 5.74) is 2.82. The highest BCUT2D eigenvalue weighted by Crippen LogP contribution is 2.40. The summed E-state index contributed by atoms with van der Waals surface area (Å²) >= 11 is 3.70. The molecule has 0 fully saturated rings. The zero-order valence-corrected chi connectivity index (χ0v) is 18.6. The van der Waals surface area contributed by atoms with E-state index in [1.807, 2.05) is 72.8 Å². The maximum atomic E-state index is 12.5. The van der Waals surface area contributed by atoms with Gasteiger partial charge in [-0.3, -0.25) is 4.79 Å². The number of amides is 1. The third kappa shape index (κ3) is 4.59. The van der Waals surface area contributed by atoms with Crippen LogP contribution in [0.1, 0.15) is 11.1 Å². The minimum Gasteiger partial charge on any atom is -0.493 e. The lowest BCUT2D eigenvalue weighted by Crippen LogP contribution is -2.17. The molecule has 146 valence electrons. The zero-order chi connectivity index (χ0) is 20.2.